The molecule has 0 rings (SSSR count). The van der Waals surface area contributed by atoms with Crippen LogP contribution in [0.5, 0.6) is 0 Å². The molecule has 1 amide bonds. The van der Waals surface area contributed by atoms with Gasteiger partial charge in [0.1, 0.15) is 0 Å². The van der Waals surface area contributed by atoms with Crippen LogP contribution in [-0.2, 0) is 14.3 Å². The Labute approximate surface area is 340 Å². The van der Waals surface area contributed by atoms with Crippen molar-refractivity contribution in [2.45, 2.75) is 238 Å². The van der Waals surface area contributed by atoms with Gasteiger partial charge in [0.15, 0.2) is 0 Å². The Morgan fingerprint density at radius 1 is 0.509 bits per heavy atom. The van der Waals surface area contributed by atoms with Crippen LogP contribution in [0.2, 0.25) is 0 Å². The second kappa shape index (κ2) is 44.5. The fourth-order valence-corrected chi connectivity index (χ4v) is 6.65. The summed E-state index contributed by atoms with van der Waals surface area (Å²) < 4.78 is 5.44. The number of rotatable bonds is 42. The second-order valence-corrected chi connectivity index (χ2v) is 15.7. The number of esters is 1. The highest BCUT2D eigenvalue weighted by molar-refractivity contribution is 5.76. The minimum absolute atomic E-state index is 0.0297. The van der Waals surface area contributed by atoms with E-state index in [1.54, 1.807) is 6.08 Å². The molecule has 0 saturated carbocycles. The molecule has 55 heavy (non-hydrogen) atoms. The molecule has 0 aliphatic rings. The standard InChI is InChI=1S/C49H89NO5/c1-3-5-7-9-11-13-15-16-17-20-23-27-31-35-39-43-49(54)55-44-40-36-32-28-24-21-18-19-22-26-30-34-38-42-48(53)50-46(45-51)47(52)41-37-33-29-25-14-12-10-8-6-4-2/h11,13,16-17,19,22,37,41,46-47,51-52H,3-10,12,14-15,18,20-21,23-36,38-40,42-45H2,1-2H3,(H,50,53)/b13-11-,17-16-,22-19-,41-37+. The van der Waals surface area contributed by atoms with Gasteiger partial charge in [0.2, 0.25) is 5.91 Å². The summed E-state index contributed by atoms with van der Waals surface area (Å²) in [5.41, 5.74) is 0. The van der Waals surface area contributed by atoms with Crippen molar-refractivity contribution in [1.29, 1.82) is 0 Å². The maximum absolute atomic E-state index is 12.3. The molecule has 0 spiro atoms. The summed E-state index contributed by atoms with van der Waals surface area (Å²) in [7, 11) is 0. The van der Waals surface area contributed by atoms with Gasteiger partial charge in [-0.05, 0) is 89.9 Å². The summed E-state index contributed by atoms with van der Waals surface area (Å²) in [5.74, 6) is -0.132. The monoisotopic (exact) mass is 772 g/mol. The molecule has 0 aromatic heterocycles. The van der Waals surface area contributed by atoms with Crippen molar-refractivity contribution in [1.82, 2.24) is 5.32 Å². The summed E-state index contributed by atoms with van der Waals surface area (Å²) in [6.45, 7) is 4.78. The Bertz CT molecular complexity index is 942. The normalized spacial score (nSPS) is 13.2. The lowest BCUT2D eigenvalue weighted by molar-refractivity contribution is -0.143. The lowest BCUT2D eigenvalue weighted by Gasteiger charge is -2.19. The molecule has 0 aliphatic carbocycles. The molecular formula is C49H89NO5. The Kier molecular flexibility index (Phi) is 42.8. The number of carbonyl (C=O) groups excluding carboxylic acids is 2. The van der Waals surface area contributed by atoms with E-state index in [1.165, 1.54) is 116 Å². The summed E-state index contributed by atoms with van der Waals surface area (Å²) >= 11 is 0. The van der Waals surface area contributed by atoms with E-state index < -0.39 is 12.1 Å². The number of aliphatic hydroxyl groups excluding tert-OH is 2. The first-order chi connectivity index (χ1) is 27.0. The second-order valence-electron chi connectivity index (χ2n) is 15.7. The van der Waals surface area contributed by atoms with Gasteiger partial charge in [-0.2, -0.15) is 0 Å². The van der Waals surface area contributed by atoms with Crippen molar-refractivity contribution in [3.8, 4) is 0 Å². The quantitative estimate of drug-likeness (QED) is 0.0326. The van der Waals surface area contributed by atoms with Crippen molar-refractivity contribution >= 4 is 11.9 Å². The highest BCUT2D eigenvalue weighted by atomic mass is 16.5. The Hall–Kier alpha value is -2.18. The van der Waals surface area contributed by atoms with Crippen LogP contribution in [-0.4, -0.2) is 47.4 Å². The summed E-state index contributed by atoms with van der Waals surface area (Å²) in [6.07, 6.45) is 53.8. The summed E-state index contributed by atoms with van der Waals surface area (Å²) in [6, 6.07) is -0.647. The van der Waals surface area contributed by atoms with Gasteiger partial charge in [0.05, 0.1) is 25.4 Å². The number of amides is 1. The van der Waals surface area contributed by atoms with Crippen LogP contribution in [0, 0.1) is 0 Å². The fraction of sp³-hybridized carbons (Fsp3) is 0.796. The lowest BCUT2D eigenvalue weighted by Crippen LogP contribution is -2.45. The average Bonchev–Trinajstić information content (AvgIpc) is 3.18. The maximum Gasteiger partial charge on any atom is 0.305 e. The van der Waals surface area contributed by atoms with Crippen molar-refractivity contribution in [2.24, 2.45) is 0 Å². The summed E-state index contributed by atoms with van der Waals surface area (Å²) in [5, 5.41) is 22.9. The predicted octanol–water partition coefficient (Wildman–Crippen LogP) is 13.5. The summed E-state index contributed by atoms with van der Waals surface area (Å²) in [4.78, 5) is 24.3. The number of unbranched alkanes of at least 4 members (excludes halogenated alkanes) is 25. The van der Waals surface area contributed by atoms with Gasteiger partial charge in [-0.3, -0.25) is 9.59 Å². The molecule has 0 aromatic rings. The SMILES string of the molecule is CCCCC/C=C\C/C=C\CCCCCCCC(=O)OCCCCCCCC/C=C\CCCCCC(=O)NC(CO)C(O)/C=C/CCCCCCCCCC. The first-order valence-electron chi connectivity index (χ1n) is 23.4. The van der Waals surface area contributed by atoms with Gasteiger partial charge < -0.3 is 20.3 Å². The number of hydrogen-bond acceptors (Lipinski definition) is 5. The highest BCUT2D eigenvalue weighted by Crippen LogP contribution is 2.13. The smallest absolute Gasteiger partial charge is 0.305 e. The third-order valence-corrected chi connectivity index (χ3v) is 10.3. The number of nitrogens with one attached hydrogen (secondary N) is 1. The van der Waals surface area contributed by atoms with Crippen molar-refractivity contribution in [3.05, 3.63) is 48.6 Å². The molecule has 2 unspecified atom stereocenters. The van der Waals surface area contributed by atoms with Gasteiger partial charge in [0.25, 0.3) is 0 Å². The highest BCUT2D eigenvalue weighted by Gasteiger charge is 2.18. The van der Waals surface area contributed by atoms with E-state index >= 15 is 0 Å². The molecule has 0 aliphatic heterocycles. The zero-order chi connectivity index (χ0) is 40.1. The largest absolute Gasteiger partial charge is 0.466 e. The molecule has 3 N–H and O–H groups in total. The molecule has 0 fully saturated rings. The van der Waals surface area contributed by atoms with Gasteiger partial charge in [0, 0.05) is 12.8 Å². The molecule has 0 bridgehead atoms. The van der Waals surface area contributed by atoms with Crippen LogP contribution in [0.1, 0.15) is 226 Å². The zero-order valence-corrected chi connectivity index (χ0v) is 36.1. The van der Waals surface area contributed by atoms with Crippen LogP contribution < -0.4 is 5.32 Å². The number of ether oxygens (including phenoxy) is 1. The molecule has 6 nitrogen and oxygen atoms in total. The molecule has 320 valence electrons. The minimum Gasteiger partial charge on any atom is -0.466 e. The predicted molar refractivity (Wildman–Crippen MR) is 236 cm³/mol. The van der Waals surface area contributed by atoms with Crippen LogP contribution in [0.25, 0.3) is 0 Å². The average molecular weight is 772 g/mol. The molecule has 0 heterocycles. The van der Waals surface area contributed by atoms with E-state index in [9.17, 15) is 19.8 Å². The number of allylic oxidation sites excluding steroid dienone is 7. The van der Waals surface area contributed by atoms with Crippen molar-refractivity contribution < 1.29 is 24.5 Å². The van der Waals surface area contributed by atoms with E-state index in [1.807, 2.05) is 6.08 Å². The van der Waals surface area contributed by atoms with Crippen LogP contribution in [0.15, 0.2) is 48.6 Å². The van der Waals surface area contributed by atoms with Gasteiger partial charge in [-0.15, -0.1) is 0 Å². The molecule has 0 aromatic carbocycles. The minimum atomic E-state index is -0.861. The molecule has 2 atom stereocenters. The fourth-order valence-electron chi connectivity index (χ4n) is 6.65. The van der Waals surface area contributed by atoms with Crippen LogP contribution >= 0.6 is 0 Å². The Morgan fingerprint density at radius 2 is 0.909 bits per heavy atom. The first-order valence-corrected chi connectivity index (χ1v) is 23.4. The molecule has 0 radical (unpaired) electrons. The topological polar surface area (TPSA) is 95.9 Å². The Morgan fingerprint density at radius 3 is 1.45 bits per heavy atom. The molecular weight excluding hydrogens is 683 g/mol. The van der Waals surface area contributed by atoms with E-state index in [4.69, 9.17) is 4.74 Å². The third kappa shape index (κ3) is 41.3. The van der Waals surface area contributed by atoms with Crippen LogP contribution in [0.4, 0.5) is 0 Å². The lowest BCUT2D eigenvalue weighted by atomic mass is 10.1. The van der Waals surface area contributed by atoms with E-state index in [0.717, 1.165) is 83.5 Å². The maximum atomic E-state index is 12.3. The number of carbonyl (C=O) groups is 2. The van der Waals surface area contributed by atoms with Gasteiger partial charge in [-0.1, -0.05) is 172 Å². The first kappa shape index (κ1) is 52.8. The number of aliphatic hydroxyl groups is 2. The zero-order valence-electron chi connectivity index (χ0n) is 36.1. The van der Waals surface area contributed by atoms with E-state index in [0.29, 0.717) is 19.4 Å². The van der Waals surface area contributed by atoms with E-state index in [-0.39, 0.29) is 18.5 Å². The molecule has 6 heteroatoms. The van der Waals surface area contributed by atoms with Gasteiger partial charge in [-0.25, -0.2) is 0 Å². The molecule has 0 saturated heterocycles. The third-order valence-electron chi connectivity index (χ3n) is 10.3. The van der Waals surface area contributed by atoms with Crippen molar-refractivity contribution in [3.63, 3.8) is 0 Å². The van der Waals surface area contributed by atoms with Crippen molar-refractivity contribution in [2.75, 3.05) is 13.2 Å². The van der Waals surface area contributed by atoms with Crippen LogP contribution in [0.3, 0.4) is 0 Å². The van der Waals surface area contributed by atoms with Gasteiger partial charge >= 0.3 is 5.97 Å². The van der Waals surface area contributed by atoms with E-state index in [2.05, 4.69) is 55.6 Å². The Balaban J connectivity index is 3.54. The number of hydrogen-bond donors (Lipinski definition) is 3.